The van der Waals surface area contributed by atoms with Gasteiger partial charge in [0.15, 0.2) is 11.5 Å². The Morgan fingerprint density at radius 2 is 2.00 bits per heavy atom. The fourth-order valence-corrected chi connectivity index (χ4v) is 4.13. The molecule has 0 saturated carbocycles. The number of thioether (sulfide) groups is 2. The topological polar surface area (TPSA) is 107 Å². The molecule has 0 aliphatic heterocycles. The van der Waals surface area contributed by atoms with Crippen molar-refractivity contribution < 1.29 is 13.9 Å². The summed E-state index contributed by atoms with van der Waals surface area (Å²) >= 11 is 2.91. The van der Waals surface area contributed by atoms with Crippen LogP contribution >= 0.6 is 23.5 Å². The second-order valence-electron chi connectivity index (χ2n) is 6.78. The van der Waals surface area contributed by atoms with Gasteiger partial charge >= 0.3 is 0 Å². The van der Waals surface area contributed by atoms with E-state index in [2.05, 4.69) is 25.7 Å². The molecule has 1 N–H and O–H groups in total. The van der Waals surface area contributed by atoms with Crippen molar-refractivity contribution in [3.05, 3.63) is 54.5 Å². The highest BCUT2D eigenvalue weighted by Gasteiger charge is 2.21. The van der Waals surface area contributed by atoms with Gasteiger partial charge in [0.1, 0.15) is 5.75 Å². The summed E-state index contributed by atoms with van der Waals surface area (Å²) in [6, 6.07) is 12.8. The smallest absolute Gasteiger partial charge is 0.277 e. The first-order chi connectivity index (χ1) is 15.7. The Morgan fingerprint density at radius 1 is 1.16 bits per heavy atom. The molecule has 3 heterocycles. The van der Waals surface area contributed by atoms with Crippen LogP contribution in [0.3, 0.4) is 0 Å². The van der Waals surface area contributed by atoms with E-state index >= 15 is 0 Å². The molecule has 4 aromatic rings. The quantitative estimate of drug-likeness (QED) is 0.348. The van der Waals surface area contributed by atoms with Crippen molar-refractivity contribution in [3.8, 4) is 17.2 Å². The maximum atomic E-state index is 12.7. The van der Waals surface area contributed by atoms with Crippen molar-refractivity contribution in [2.24, 2.45) is 0 Å². The third-order valence-corrected chi connectivity index (χ3v) is 6.13. The number of methoxy groups -OCH3 is 1. The number of amides is 1. The average molecular weight is 471 g/mol. The number of pyridine rings is 1. The minimum Gasteiger partial charge on any atom is -0.497 e. The predicted octanol–water partition coefficient (Wildman–Crippen LogP) is 3.49. The van der Waals surface area contributed by atoms with E-state index in [-0.39, 0.29) is 17.7 Å². The van der Waals surface area contributed by atoms with Crippen molar-refractivity contribution in [3.63, 3.8) is 0 Å². The van der Waals surface area contributed by atoms with Crippen molar-refractivity contribution in [2.75, 3.05) is 24.9 Å². The number of aromatic nitrogens is 5. The minimum absolute atomic E-state index is 0.141. The fraction of sp³-hybridized carbons (Fsp3) is 0.286. The van der Waals surface area contributed by atoms with Gasteiger partial charge in [0, 0.05) is 11.8 Å². The summed E-state index contributed by atoms with van der Waals surface area (Å²) in [7, 11) is 1.61. The molecule has 4 rings (SSSR count). The highest BCUT2D eigenvalue weighted by molar-refractivity contribution is 7.99. The van der Waals surface area contributed by atoms with Gasteiger partial charge in [-0.15, -0.1) is 20.4 Å². The molecule has 166 valence electrons. The van der Waals surface area contributed by atoms with Crippen LogP contribution in [0.1, 0.15) is 18.3 Å². The van der Waals surface area contributed by atoms with Crippen molar-refractivity contribution >= 4 is 35.1 Å². The van der Waals surface area contributed by atoms with Gasteiger partial charge in [-0.05, 0) is 54.8 Å². The van der Waals surface area contributed by atoms with Crippen LogP contribution in [0.4, 0.5) is 0 Å². The number of ether oxygens (including phenoxy) is 1. The molecule has 11 heteroatoms. The van der Waals surface area contributed by atoms with Gasteiger partial charge in [0.2, 0.25) is 11.8 Å². The number of benzene rings is 1. The molecule has 0 spiro atoms. The molecular formula is C21H22N6O3S2. The first-order valence-electron chi connectivity index (χ1n) is 9.86. The molecule has 9 nitrogen and oxygen atoms in total. The summed E-state index contributed by atoms with van der Waals surface area (Å²) in [5, 5.41) is 20.0. The molecular weight excluding hydrogens is 448 g/mol. The maximum absolute atomic E-state index is 12.7. The van der Waals surface area contributed by atoms with Gasteiger partial charge in [-0.3, -0.25) is 9.20 Å². The lowest BCUT2D eigenvalue weighted by atomic mass is 10.2. The molecule has 0 bridgehead atoms. The molecule has 1 atom stereocenters. The monoisotopic (exact) mass is 470 g/mol. The van der Waals surface area contributed by atoms with Crippen LogP contribution in [0.25, 0.3) is 17.1 Å². The van der Waals surface area contributed by atoms with E-state index in [4.69, 9.17) is 9.15 Å². The largest absolute Gasteiger partial charge is 0.497 e. The standard InChI is InChI=1S/C21H22N6O3S2/c1-29-15-8-6-14(7-9-15)20-25-26-21(30-20)32-13-18(28)22-16(10-12-31-2)19-24-23-17-5-3-4-11-27(17)19/h3-9,11,16H,10,12-13H2,1-2H3,(H,22,28). The normalized spacial score (nSPS) is 12.1. The summed E-state index contributed by atoms with van der Waals surface area (Å²) in [4.78, 5) is 12.7. The minimum atomic E-state index is -0.245. The van der Waals surface area contributed by atoms with Crippen LogP contribution in [0.5, 0.6) is 5.75 Å². The molecule has 0 fully saturated rings. The van der Waals surface area contributed by atoms with Gasteiger partial charge in [-0.25, -0.2) is 0 Å². The van der Waals surface area contributed by atoms with Crippen molar-refractivity contribution in [2.45, 2.75) is 17.7 Å². The molecule has 1 unspecified atom stereocenters. The summed E-state index contributed by atoms with van der Waals surface area (Å²) in [6.07, 6.45) is 4.68. The Bertz CT molecular complexity index is 1180. The lowest BCUT2D eigenvalue weighted by Crippen LogP contribution is -2.31. The zero-order chi connectivity index (χ0) is 22.3. The van der Waals surface area contributed by atoms with Crippen molar-refractivity contribution in [1.82, 2.24) is 30.1 Å². The molecule has 3 aromatic heterocycles. The second-order valence-corrected chi connectivity index (χ2v) is 8.69. The molecule has 0 saturated heterocycles. The van der Waals surface area contributed by atoms with Gasteiger partial charge in [-0.1, -0.05) is 17.8 Å². The Kier molecular flexibility index (Phi) is 7.28. The van der Waals surface area contributed by atoms with E-state index in [0.29, 0.717) is 16.9 Å². The molecule has 32 heavy (non-hydrogen) atoms. The lowest BCUT2D eigenvalue weighted by molar-refractivity contribution is -0.119. The zero-order valence-electron chi connectivity index (χ0n) is 17.6. The van der Waals surface area contributed by atoms with E-state index in [0.717, 1.165) is 29.1 Å². The van der Waals surface area contributed by atoms with Crippen LogP contribution < -0.4 is 10.1 Å². The average Bonchev–Trinajstić information content (AvgIpc) is 3.48. The van der Waals surface area contributed by atoms with E-state index in [9.17, 15) is 4.79 Å². The molecule has 0 aliphatic rings. The van der Waals surface area contributed by atoms with Crippen LogP contribution in [0.2, 0.25) is 0 Å². The number of carbonyl (C=O) groups excluding carboxylic acids is 1. The number of carbonyl (C=O) groups is 1. The Morgan fingerprint density at radius 3 is 2.78 bits per heavy atom. The predicted molar refractivity (Wildman–Crippen MR) is 124 cm³/mol. The summed E-state index contributed by atoms with van der Waals surface area (Å²) < 4.78 is 12.7. The lowest BCUT2D eigenvalue weighted by Gasteiger charge is -2.16. The third kappa shape index (κ3) is 5.22. The Balaban J connectivity index is 1.39. The van der Waals surface area contributed by atoms with Gasteiger partial charge in [0.05, 0.1) is 18.9 Å². The Hall–Kier alpha value is -3.05. The highest BCUT2D eigenvalue weighted by Crippen LogP contribution is 2.25. The number of nitrogens with one attached hydrogen (secondary N) is 1. The summed E-state index contributed by atoms with van der Waals surface area (Å²) in [5.41, 5.74) is 1.53. The zero-order valence-corrected chi connectivity index (χ0v) is 19.2. The number of hydrogen-bond acceptors (Lipinski definition) is 9. The second kappa shape index (κ2) is 10.5. The van der Waals surface area contributed by atoms with Crippen LogP contribution in [-0.2, 0) is 4.79 Å². The first-order valence-corrected chi connectivity index (χ1v) is 12.2. The van der Waals surface area contributed by atoms with Crippen LogP contribution in [0, 0.1) is 0 Å². The van der Waals surface area contributed by atoms with Crippen LogP contribution in [0.15, 0.2) is 58.3 Å². The Labute approximate surface area is 193 Å². The van der Waals surface area contributed by atoms with Gasteiger partial charge in [0.25, 0.3) is 5.22 Å². The van der Waals surface area contributed by atoms with E-state index < -0.39 is 0 Å². The molecule has 1 aromatic carbocycles. The summed E-state index contributed by atoms with van der Waals surface area (Å²) in [5.74, 6) is 2.75. The SMILES string of the molecule is COc1ccc(-c2nnc(SCC(=O)NC(CCSC)c3nnc4ccccn34)o2)cc1. The van der Waals surface area contributed by atoms with Crippen molar-refractivity contribution in [1.29, 1.82) is 0 Å². The molecule has 0 aliphatic carbocycles. The van der Waals surface area contributed by atoms with E-state index in [1.807, 2.05) is 59.3 Å². The molecule has 0 radical (unpaired) electrons. The number of fused-ring (bicyclic) bond motifs is 1. The first kappa shape index (κ1) is 22.2. The molecule has 1 amide bonds. The third-order valence-electron chi connectivity index (χ3n) is 4.67. The number of hydrogen-bond donors (Lipinski definition) is 1. The number of rotatable bonds is 10. The fourth-order valence-electron chi connectivity index (χ4n) is 3.08. The van der Waals surface area contributed by atoms with E-state index in [1.165, 1.54) is 11.8 Å². The van der Waals surface area contributed by atoms with E-state index in [1.54, 1.807) is 18.9 Å². The number of nitrogens with zero attached hydrogens (tertiary/aromatic N) is 5. The maximum Gasteiger partial charge on any atom is 0.277 e. The van der Waals surface area contributed by atoms with Gasteiger partial charge in [-0.2, -0.15) is 11.8 Å². The van der Waals surface area contributed by atoms with Gasteiger partial charge < -0.3 is 14.5 Å². The highest BCUT2D eigenvalue weighted by atomic mass is 32.2. The van der Waals surface area contributed by atoms with Crippen LogP contribution in [-0.4, -0.2) is 55.6 Å². The summed E-state index contributed by atoms with van der Waals surface area (Å²) in [6.45, 7) is 0.